The summed E-state index contributed by atoms with van der Waals surface area (Å²) in [4.78, 5) is 31.6. The van der Waals surface area contributed by atoms with Gasteiger partial charge in [-0.1, -0.05) is 0 Å². The zero-order valence-electron chi connectivity index (χ0n) is 6.92. The lowest BCUT2D eigenvalue weighted by Crippen LogP contribution is -2.27. The van der Waals surface area contributed by atoms with E-state index >= 15 is 0 Å². The molecule has 0 aromatic heterocycles. The predicted molar refractivity (Wildman–Crippen MR) is 42.1 cm³/mol. The Morgan fingerprint density at radius 2 is 1.83 bits per heavy atom. The quantitative estimate of drug-likeness (QED) is 0.519. The topological polar surface area (TPSA) is 89.3 Å². The fourth-order valence-electron chi connectivity index (χ4n) is 0.676. The summed E-state index contributed by atoms with van der Waals surface area (Å²) in [6.07, 6.45) is 0.549. The minimum Gasteiger partial charge on any atom is -0.370 e. The molecule has 3 N–H and O–H groups in total. The second kappa shape index (κ2) is 5.29. The maximum Gasteiger partial charge on any atom is 0.287 e. The molecule has 0 aromatic rings. The number of primary amides is 1. The first-order valence-corrected chi connectivity index (χ1v) is 3.61. The van der Waals surface area contributed by atoms with Crippen LogP contribution in [-0.4, -0.2) is 24.6 Å². The van der Waals surface area contributed by atoms with Gasteiger partial charge in [-0.2, -0.15) is 0 Å². The van der Waals surface area contributed by atoms with Crippen LogP contribution in [0.1, 0.15) is 19.3 Å². The van der Waals surface area contributed by atoms with Crippen LogP contribution in [0.4, 0.5) is 0 Å². The average molecular weight is 172 g/mol. The van der Waals surface area contributed by atoms with Gasteiger partial charge in [0.2, 0.25) is 11.7 Å². The van der Waals surface area contributed by atoms with Crippen molar-refractivity contribution in [3.8, 4) is 0 Å². The molecular weight excluding hydrogens is 160 g/mol. The van der Waals surface area contributed by atoms with Gasteiger partial charge in [-0.3, -0.25) is 14.4 Å². The third-order valence-electron chi connectivity index (χ3n) is 1.31. The van der Waals surface area contributed by atoms with Crippen LogP contribution < -0.4 is 11.1 Å². The van der Waals surface area contributed by atoms with Gasteiger partial charge in [0.1, 0.15) is 0 Å². The highest BCUT2D eigenvalue weighted by molar-refractivity contribution is 6.36. The van der Waals surface area contributed by atoms with Gasteiger partial charge in [0, 0.05) is 19.9 Å². The molecule has 0 rings (SSSR count). The van der Waals surface area contributed by atoms with Crippen molar-refractivity contribution >= 4 is 17.6 Å². The molecule has 0 unspecified atom stereocenters. The molecule has 0 aromatic carbocycles. The first-order valence-electron chi connectivity index (χ1n) is 3.61. The van der Waals surface area contributed by atoms with E-state index in [1.165, 1.54) is 7.05 Å². The normalized spacial score (nSPS) is 9.08. The van der Waals surface area contributed by atoms with E-state index in [-0.39, 0.29) is 12.8 Å². The van der Waals surface area contributed by atoms with Crippen LogP contribution in [0.3, 0.4) is 0 Å². The number of Topliss-reactive ketones (excluding diaryl/α,β-unsaturated/α-hetero) is 1. The van der Waals surface area contributed by atoms with Crippen molar-refractivity contribution in [3.63, 3.8) is 0 Å². The molecule has 0 aliphatic carbocycles. The molecule has 0 spiro atoms. The number of ketones is 1. The summed E-state index contributed by atoms with van der Waals surface area (Å²) in [6.45, 7) is 0. The number of rotatable bonds is 5. The molecule has 2 amide bonds. The van der Waals surface area contributed by atoms with Gasteiger partial charge in [-0.05, 0) is 6.42 Å². The number of hydrogen-bond donors (Lipinski definition) is 2. The Morgan fingerprint density at radius 3 is 2.25 bits per heavy atom. The molecule has 68 valence electrons. The van der Waals surface area contributed by atoms with Gasteiger partial charge in [-0.25, -0.2) is 0 Å². The van der Waals surface area contributed by atoms with Gasteiger partial charge >= 0.3 is 0 Å². The Labute approximate surface area is 70.3 Å². The zero-order valence-corrected chi connectivity index (χ0v) is 6.92. The third kappa shape index (κ3) is 4.43. The first-order chi connectivity index (χ1) is 5.57. The van der Waals surface area contributed by atoms with Crippen LogP contribution >= 0.6 is 0 Å². The monoisotopic (exact) mass is 172 g/mol. The number of amides is 2. The summed E-state index contributed by atoms with van der Waals surface area (Å²) in [5, 5.41) is 2.20. The van der Waals surface area contributed by atoms with E-state index < -0.39 is 17.6 Å². The second-order valence-corrected chi connectivity index (χ2v) is 2.32. The van der Waals surface area contributed by atoms with Crippen LogP contribution in [0, 0.1) is 0 Å². The highest BCUT2D eigenvalue weighted by atomic mass is 16.2. The molecular formula is C7H12N2O3. The standard InChI is InChI=1S/C7H12N2O3/c1-9-7(12)5(10)3-2-4-6(8)11/h2-4H2,1H3,(H2,8,11)(H,9,12). The Balaban J connectivity index is 3.58. The summed E-state index contributed by atoms with van der Waals surface area (Å²) in [7, 11) is 1.38. The van der Waals surface area contributed by atoms with Crippen LogP contribution in [-0.2, 0) is 14.4 Å². The van der Waals surface area contributed by atoms with Gasteiger partial charge in [0.05, 0.1) is 0 Å². The maximum atomic E-state index is 10.8. The lowest BCUT2D eigenvalue weighted by Gasteiger charge is -1.96. The summed E-state index contributed by atoms with van der Waals surface area (Å²) in [5.74, 6) is -1.60. The molecule has 12 heavy (non-hydrogen) atoms. The van der Waals surface area contributed by atoms with Gasteiger partial charge in [0.25, 0.3) is 5.91 Å². The van der Waals surface area contributed by atoms with E-state index in [4.69, 9.17) is 5.73 Å². The summed E-state index contributed by atoms with van der Waals surface area (Å²) >= 11 is 0. The number of nitrogens with two attached hydrogens (primary N) is 1. The molecule has 0 bridgehead atoms. The van der Waals surface area contributed by atoms with Crippen molar-refractivity contribution in [1.29, 1.82) is 0 Å². The molecule has 0 radical (unpaired) electrons. The largest absolute Gasteiger partial charge is 0.370 e. The summed E-state index contributed by atoms with van der Waals surface area (Å²) in [6, 6.07) is 0. The van der Waals surface area contributed by atoms with Gasteiger partial charge in [0.15, 0.2) is 0 Å². The molecule has 0 heterocycles. The maximum absolute atomic E-state index is 10.8. The molecule has 0 aliphatic heterocycles. The van der Waals surface area contributed by atoms with Crippen LogP contribution in [0.25, 0.3) is 0 Å². The molecule has 0 aliphatic rings. The molecule has 0 atom stereocenters. The third-order valence-corrected chi connectivity index (χ3v) is 1.31. The Hall–Kier alpha value is -1.39. The lowest BCUT2D eigenvalue weighted by molar-refractivity contribution is -0.137. The highest BCUT2D eigenvalue weighted by Gasteiger charge is 2.10. The first kappa shape index (κ1) is 10.6. The smallest absolute Gasteiger partial charge is 0.287 e. The highest BCUT2D eigenvalue weighted by Crippen LogP contribution is 1.95. The van der Waals surface area contributed by atoms with E-state index in [1.807, 2.05) is 0 Å². The Kier molecular flexibility index (Phi) is 4.67. The number of carbonyl (C=O) groups is 3. The van der Waals surface area contributed by atoms with E-state index in [0.29, 0.717) is 6.42 Å². The number of nitrogens with one attached hydrogen (secondary N) is 1. The zero-order chi connectivity index (χ0) is 9.56. The number of likely N-dealkylation sites (N-methyl/N-ethyl adjacent to an activating group) is 1. The van der Waals surface area contributed by atoms with Gasteiger partial charge < -0.3 is 11.1 Å². The van der Waals surface area contributed by atoms with Crippen molar-refractivity contribution in [2.45, 2.75) is 19.3 Å². The van der Waals surface area contributed by atoms with E-state index in [9.17, 15) is 14.4 Å². The number of hydrogen-bond acceptors (Lipinski definition) is 3. The average Bonchev–Trinajstić information content (AvgIpc) is 2.02. The SMILES string of the molecule is CNC(=O)C(=O)CCCC(N)=O. The summed E-state index contributed by atoms with van der Waals surface area (Å²) < 4.78 is 0. The fourth-order valence-corrected chi connectivity index (χ4v) is 0.676. The van der Waals surface area contributed by atoms with E-state index in [0.717, 1.165) is 0 Å². The molecule has 0 saturated heterocycles. The van der Waals surface area contributed by atoms with Crippen molar-refractivity contribution in [2.24, 2.45) is 5.73 Å². The lowest BCUT2D eigenvalue weighted by atomic mass is 10.1. The van der Waals surface area contributed by atoms with E-state index in [1.54, 1.807) is 0 Å². The van der Waals surface area contributed by atoms with Crippen molar-refractivity contribution in [3.05, 3.63) is 0 Å². The van der Waals surface area contributed by atoms with Crippen molar-refractivity contribution < 1.29 is 14.4 Å². The second-order valence-electron chi connectivity index (χ2n) is 2.32. The minimum absolute atomic E-state index is 0.0720. The molecule has 0 fully saturated rings. The minimum atomic E-state index is -0.625. The van der Waals surface area contributed by atoms with E-state index in [2.05, 4.69) is 5.32 Å². The van der Waals surface area contributed by atoms with Crippen LogP contribution in [0.5, 0.6) is 0 Å². The van der Waals surface area contributed by atoms with Crippen molar-refractivity contribution in [2.75, 3.05) is 7.05 Å². The Morgan fingerprint density at radius 1 is 1.25 bits per heavy atom. The molecule has 0 saturated carbocycles. The van der Waals surface area contributed by atoms with Crippen LogP contribution in [0.15, 0.2) is 0 Å². The number of carbonyl (C=O) groups excluding carboxylic acids is 3. The fraction of sp³-hybridized carbons (Fsp3) is 0.571. The summed E-state index contributed by atoms with van der Waals surface area (Å²) in [5.41, 5.74) is 4.84. The molecule has 5 nitrogen and oxygen atoms in total. The predicted octanol–water partition coefficient (Wildman–Crippen LogP) is -1.04. The van der Waals surface area contributed by atoms with Crippen LogP contribution in [0.2, 0.25) is 0 Å². The Bertz CT molecular complexity index is 201. The molecule has 5 heteroatoms. The van der Waals surface area contributed by atoms with Crippen molar-refractivity contribution in [1.82, 2.24) is 5.32 Å². The van der Waals surface area contributed by atoms with Gasteiger partial charge in [-0.15, -0.1) is 0 Å².